The second-order valence-electron chi connectivity index (χ2n) is 3.95. The van der Waals surface area contributed by atoms with Crippen molar-refractivity contribution >= 4 is 17.6 Å². The summed E-state index contributed by atoms with van der Waals surface area (Å²) in [4.78, 5) is 26.6. The van der Waals surface area contributed by atoms with Gasteiger partial charge < -0.3 is 15.4 Å². The van der Waals surface area contributed by atoms with Crippen LogP contribution in [0.2, 0.25) is 0 Å². The average Bonchev–Trinajstić information content (AvgIpc) is 2.44. The Hall–Kier alpha value is -2.11. The topological polar surface area (TPSA) is 80.3 Å². The molecule has 1 rings (SSSR count). The van der Waals surface area contributed by atoms with Crippen LogP contribution in [0.4, 0.5) is 5.69 Å². The number of carbonyl (C=O) groups excluding carboxylic acids is 2. The maximum Gasteiger partial charge on any atom is 0.356 e. The third-order valence-corrected chi connectivity index (χ3v) is 2.41. The molecule has 0 saturated heterocycles. The number of rotatable bonds is 7. The molecule has 0 aliphatic rings. The van der Waals surface area contributed by atoms with Crippen molar-refractivity contribution in [1.82, 2.24) is 10.3 Å². The highest BCUT2D eigenvalue weighted by Gasteiger charge is 2.07. The molecule has 1 aromatic heterocycles. The van der Waals surface area contributed by atoms with Crippen LogP contribution in [0.3, 0.4) is 0 Å². The number of esters is 1. The SMILES string of the molecule is CCCNC(=O)CCNc1ccnc(C(=O)OC)c1. The zero-order valence-corrected chi connectivity index (χ0v) is 11.2. The molecule has 19 heavy (non-hydrogen) atoms. The highest BCUT2D eigenvalue weighted by atomic mass is 16.5. The molecule has 0 fully saturated rings. The molecule has 1 heterocycles. The molecule has 1 amide bonds. The van der Waals surface area contributed by atoms with Crippen LogP contribution in [0.25, 0.3) is 0 Å². The highest BCUT2D eigenvalue weighted by Crippen LogP contribution is 2.08. The lowest BCUT2D eigenvalue weighted by Gasteiger charge is -2.07. The second kappa shape index (κ2) is 8.07. The number of aromatic nitrogens is 1. The second-order valence-corrected chi connectivity index (χ2v) is 3.95. The van der Waals surface area contributed by atoms with Gasteiger partial charge in [-0.05, 0) is 18.6 Å². The van der Waals surface area contributed by atoms with Gasteiger partial charge >= 0.3 is 5.97 Å². The number of methoxy groups -OCH3 is 1. The molecular weight excluding hydrogens is 246 g/mol. The first-order valence-electron chi connectivity index (χ1n) is 6.22. The van der Waals surface area contributed by atoms with Gasteiger partial charge in [0.25, 0.3) is 0 Å². The fourth-order valence-corrected chi connectivity index (χ4v) is 1.43. The lowest BCUT2D eigenvalue weighted by Crippen LogP contribution is -2.25. The van der Waals surface area contributed by atoms with E-state index in [1.165, 1.54) is 13.3 Å². The van der Waals surface area contributed by atoms with Gasteiger partial charge in [-0.15, -0.1) is 0 Å². The summed E-state index contributed by atoms with van der Waals surface area (Å²) in [5, 5.41) is 5.85. The van der Waals surface area contributed by atoms with Gasteiger partial charge in [0.05, 0.1) is 7.11 Å². The molecule has 0 aromatic carbocycles. The fourth-order valence-electron chi connectivity index (χ4n) is 1.43. The monoisotopic (exact) mass is 265 g/mol. The van der Waals surface area contributed by atoms with Gasteiger partial charge in [-0.2, -0.15) is 0 Å². The highest BCUT2D eigenvalue weighted by molar-refractivity contribution is 5.88. The van der Waals surface area contributed by atoms with Crippen molar-refractivity contribution in [2.75, 3.05) is 25.5 Å². The first-order chi connectivity index (χ1) is 9.17. The van der Waals surface area contributed by atoms with E-state index in [2.05, 4.69) is 20.4 Å². The Balaban J connectivity index is 2.41. The Bertz CT molecular complexity index is 435. The van der Waals surface area contributed by atoms with E-state index in [0.29, 0.717) is 19.5 Å². The first-order valence-corrected chi connectivity index (χ1v) is 6.22. The molecule has 2 N–H and O–H groups in total. The van der Waals surface area contributed by atoms with Crippen LogP contribution in [0.15, 0.2) is 18.3 Å². The van der Waals surface area contributed by atoms with E-state index in [0.717, 1.165) is 12.1 Å². The lowest BCUT2D eigenvalue weighted by atomic mass is 10.3. The molecule has 1 aromatic rings. The van der Waals surface area contributed by atoms with Crippen LogP contribution in [0, 0.1) is 0 Å². The summed E-state index contributed by atoms with van der Waals surface area (Å²) in [7, 11) is 1.31. The molecular formula is C13H19N3O3. The number of nitrogens with zero attached hydrogens (tertiary/aromatic N) is 1. The van der Waals surface area contributed by atoms with E-state index in [1.807, 2.05) is 6.92 Å². The number of anilines is 1. The van der Waals surface area contributed by atoms with Gasteiger partial charge in [0, 0.05) is 31.4 Å². The number of hydrogen-bond donors (Lipinski definition) is 2. The molecule has 6 nitrogen and oxygen atoms in total. The zero-order chi connectivity index (χ0) is 14.1. The summed E-state index contributed by atoms with van der Waals surface area (Å²) < 4.78 is 4.58. The minimum Gasteiger partial charge on any atom is -0.464 e. The first kappa shape index (κ1) is 14.9. The predicted octanol–water partition coefficient (Wildman–Crippen LogP) is 1.20. The van der Waals surface area contributed by atoms with Gasteiger partial charge in [0.15, 0.2) is 0 Å². The summed E-state index contributed by atoms with van der Waals surface area (Å²) in [6.45, 7) is 3.20. The average molecular weight is 265 g/mol. The minimum atomic E-state index is -0.482. The third kappa shape index (κ3) is 5.37. The molecule has 0 bridgehead atoms. The van der Waals surface area contributed by atoms with Crippen LogP contribution < -0.4 is 10.6 Å². The Kier molecular flexibility index (Phi) is 6.35. The predicted molar refractivity (Wildman–Crippen MR) is 72.0 cm³/mol. The molecule has 0 saturated carbocycles. The lowest BCUT2D eigenvalue weighted by molar-refractivity contribution is -0.120. The number of hydrogen-bond acceptors (Lipinski definition) is 5. The van der Waals surface area contributed by atoms with E-state index < -0.39 is 5.97 Å². The number of ether oxygens (including phenoxy) is 1. The normalized spacial score (nSPS) is 9.79. The number of pyridine rings is 1. The number of nitrogens with one attached hydrogen (secondary N) is 2. The summed E-state index contributed by atoms with van der Waals surface area (Å²) in [6.07, 6.45) is 2.83. The largest absolute Gasteiger partial charge is 0.464 e. The van der Waals surface area contributed by atoms with Gasteiger partial charge in [-0.25, -0.2) is 9.78 Å². The van der Waals surface area contributed by atoms with Gasteiger partial charge in [-0.1, -0.05) is 6.92 Å². The number of carbonyl (C=O) groups is 2. The van der Waals surface area contributed by atoms with Crippen LogP contribution in [-0.2, 0) is 9.53 Å². The zero-order valence-electron chi connectivity index (χ0n) is 11.2. The van der Waals surface area contributed by atoms with E-state index in [4.69, 9.17) is 0 Å². The smallest absolute Gasteiger partial charge is 0.356 e. The van der Waals surface area contributed by atoms with E-state index in [1.54, 1.807) is 12.1 Å². The molecule has 104 valence electrons. The van der Waals surface area contributed by atoms with Crippen molar-refractivity contribution in [3.63, 3.8) is 0 Å². The van der Waals surface area contributed by atoms with Crippen molar-refractivity contribution in [2.45, 2.75) is 19.8 Å². The Morgan fingerprint density at radius 2 is 2.16 bits per heavy atom. The maximum atomic E-state index is 11.4. The van der Waals surface area contributed by atoms with Crippen molar-refractivity contribution in [2.24, 2.45) is 0 Å². The Labute approximate surface area is 112 Å². The Morgan fingerprint density at radius 3 is 2.84 bits per heavy atom. The van der Waals surface area contributed by atoms with Crippen LogP contribution in [0.5, 0.6) is 0 Å². The molecule has 0 spiro atoms. The van der Waals surface area contributed by atoms with Gasteiger partial charge in [0.2, 0.25) is 5.91 Å². The van der Waals surface area contributed by atoms with Crippen molar-refractivity contribution in [3.8, 4) is 0 Å². The quantitative estimate of drug-likeness (QED) is 0.724. The summed E-state index contributed by atoms with van der Waals surface area (Å²) in [5.41, 5.74) is 0.974. The molecule has 0 aliphatic heterocycles. The molecule has 0 radical (unpaired) electrons. The van der Waals surface area contributed by atoms with Crippen molar-refractivity contribution in [3.05, 3.63) is 24.0 Å². The van der Waals surface area contributed by atoms with Crippen molar-refractivity contribution in [1.29, 1.82) is 0 Å². The standard InChI is InChI=1S/C13H19N3O3/c1-3-6-16-12(17)5-8-14-10-4-7-15-11(9-10)13(18)19-2/h4,7,9H,3,5-6,8H2,1-2H3,(H,14,15)(H,16,17). The van der Waals surface area contributed by atoms with E-state index in [9.17, 15) is 9.59 Å². The summed E-state index contributed by atoms with van der Waals surface area (Å²) >= 11 is 0. The third-order valence-electron chi connectivity index (χ3n) is 2.41. The fraction of sp³-hybridized carbons (Fsp3) is 0.462. The molecule has 0 aliphatic carbocycles. The summed E-state index contributed by atoms with van der Waals surface area (Å²) in [6, 6.07) is 3.33. The van der Waals surface area contributed by atoms with E-state index >= 15 is 0 Å². The minimum absolute atomic E-state index is 0.0107. The maximum absolute atomic E-state index is 11.4. The Morgan fingerprint density at radius 1 is 1.37 bits per heavy atom. The molecule has 0 unspecified atom stereocenters. The van der Waals surface area contributed by atoms with Gasteiger partial charge in [-0.3, -0.25) is 4.79 Å². The van der Waals surface area contributed by atoms with E-state index in [-0.39, 0.29) is 11.6 Å². The molecule has 0 atom stereocenters. The van der Waals surface area contributed by atoms with Gasteiger partial charge in [0.1, 0.15) is 5.69 Å². The number of amides is 1. The van der Waals surface area contributed by atoms with Crippen LogP contribution in [-0.4, -0.2) is 37.1 Å². The molecule has 6 heteroatoms. The van der Waals surface area contributed by atoms with Crippen LogP contribution in [0.1, 0.15) is 30.3 Å². The summed E-state index contributed by atoms with van der Waals surface area (Å²) in [5.74, 6) is -0.471. The van der Waals surface area contributed by atoms with Crippen molar-refractivity contribution < 1.29 is 14.3 Å². The van der Waals surface area contributed by atoms with Crippen LogP contribution >= 0.6 is 0 Å².